The number of benzene rings is 1. The number of hydrogen-bond acceptors (Lipinski definition) is 7. The maximum atomic E-state index is 11.6. The van der Waals surface area contributed by atoms with Gasteiger partial charge in [0.2, 0.25) is 0 Å². The fourth-order valence-electron chi connectivity index (χ4n) is 2.20. The first-order chi connectivity index (χ1) is 14.4. The molecule has 0 bridgehead atoms. The van der Waals surface area contributed by atoms with Crippen LogP contribution in [-0.4, -0.2) is 30.5 Å². The van der Waals surface area contributed by atoms with Crippen LogP contribution in [0.2, 0.25) is 0 Å². The third-order valence-electron chi connectivity index (χ3n) is 3.96. The molecule has 0 aliphatic rings. The average molecular weight is 433 g/mol. The Hall–Kier alpha value is -2.34. The van der Waals surface area contributed by atoms with E-state index in [9.17, 15) is 9.59 Å². The molecule has 0 atom stereocenters. The molecule has 1 heterocycles. The Balaban J connectivity index is 1.96. The first-order valence-electron chi connectivity index (χ1n) is 9.73. The molecule has 0 saturated heterocycles. The second-order valence-electron chi connectivity index (χ2n) is 7.13. The summed E-state index contributed by atoms with van der Waals surface area (Å²) in [6.45, 7) is 6.50. The minimum atomic E-state index is -1.52. The average Bonchev–Trinajstić information content (AvgIpc) is 2.74. The van der Waals surface area contributed by atoms with Gasteiger partial charge in [-0.05, 0) is 11.6 Å². The minimum absolute atomic E-state index is 0.233. The molecule has 0 aliphatic carbocycles. The number of esters is 2. The van der Waals surface area contributed by atoms with Crippen LogP contribution < -0.4 is 0 Å². The minimum Gasteiger partial charge on any atom is -0.438 e. The first kappa shape index (κ1) is 23.9. The lowest BCUT2D eigenvalue weighted by molar-refractivity contribution is -0.155. The van der Waals surface area contributed by atoms with E-state index >= 15 is 0 Å². The first-order valence-corrected chi connectivity index (χ1v) is 11.1. The molecule has 162 valence electrons. The quantitative estimate of drug-likeness (QED) is 0.283. The number of aromatic nitrogens is 1. The van der Waals surface area contributed by atoms with E-state index in [1.807, 2.05) is 42.5 Å². The number of hydrogen-bond donors (Lipinski definition) is 0. The third-order valence-corrected chi connectivity index (χ3v) is 5.33. The lowest BCUT2D eigenvalue weighted by Gasteiger charge is -2.18. The van der Waals surface area contributed by atoms with Crippen LogP contribution in [0.25, 0.3) is 11.1 Å². The molecule has 0 unspecified atom stereocenters. The van der Waals surface area contributed by atoms with Crippen LogP contribution in [-0.2, 0) is 34.3 Å². The lowest BCUT2D eigenvalue weighted by atomic mass is 10.1. The zero-order valence-corrected chi connectivity index (χ0v) is 18.6. The van der Waals surface area contributed by atoms with Crippen molar-refractivity contribution >= 4 is 20.3 Å². The molecule has 1 aromatic carbocycles. The van der Waals surface area contributed by atoms with Crippen molar-refractivity contribution in [3.63, 3.8) is 0 Å². The van der Waals surface area contributed by atoms with Gasteiger partial charge in [0.25, 0.3) is 0 Å². The number of pyridine rings is 1. The number of nitrogens with zero attached hydrogens (tertiary/aromatic N) is 1. The summed E-state index contributed by atoms with van der Waals surface area (Å²) in [4.78, 5) is 27.7. The maximum absolute atomic E-state index is 11.6. The van der Waals surface area contributed by atoms with Crippen molar-refractivity contribution in [1.82, 2.24) is 4.98 Å². The van der Waals surface area contributed by atoms with E-state index in [2.05, 4.69) is 4.98 Å². The molecular weight excluding hydrogens is 405 g/mol. The second kappa shape index (κ2) is 12.4. The van der Waals surface area contributed by atoms with Crippen LogP contribution in [0.1, 0.15) is 33.4 Å². The smallest absolute Gasteiger partial charge is 0.310 e. The highest BCUT2D eigenvalue weighted by Gasteiger charge is 2.17. The van der Waals surface area contributed by atoms with Crippen molar-refractivity contribution < 1.29 is 28.1 Å². The molecule has 0 spiro atoms. The molecule has 0 aliphatic heterocycles. The molecule has 0 N–H and O–H groups in total. The van der Waals surface area contributed by atoms with E-state index < -0.39 is 8.38 Å². The number of carbonyl (C=O) groups excluding carboxylic acids is 2. The van der Waals surface area contributed by atoms with Crippen molar-refractivity contribution in [3.05, 3.63) is 54.4 Å². The maximum Gasteiger partial charge on any atom is 0.310 e. The number of carbonyl (C=O) groups is 2. The van der Waals surface area contributed by atoms with Gasteiger partial charge in [-0.25, -0.2) is 0 Å². The Kier molecular flexibility index (Phi) is 9.87. The van der Waals surface area contributed by atoms with Gasteiger partial charge in [-0.2, -0.15) is 0 Å². The van der Waals surface area contributed by atoms with Gasteiger partial charge >= 0.3 is 11.9 Å². The van der Waals surface area contributed by atoms with Crippen LogP contribution in [0.4, 0.5) is 0 Å². The van der Waals surface area contributed by atoms with E-state index in [1.165, 1.54) is 0 Å². The van der Waals surface area contributed by atoms with E-state index in [4.69, 9.17) is 18.5 Å². The van der Waals surface area contributed by atoms with E-state index in [0.29, 0.717) is 6.16 Å². The van der Waals surface area contributed by atoms with Gasteiger partial charge in [0, 0.05) is 17.5 Å². The van der Waals surface area contributed by atoms with Gasteiger partial charge in [0.05, 0.1) is 18.0 Å². The van der Waals surface area contributed by atoms with Gasteiger partial charge in [-0.15, -0.1) is 0 Å². The number of rotatable bonds is 11. The Morgan fingerprint density at radius 2 is 1.40 bits per heavy atom. The van der Waals surface area contributed by atoms with Gasteiger partial charge in [-0.3, -0.25) is 23.6 Å². The molecule has 0 radical (unpaired) electrons. The normalized spacial score (nSPS) is 11.2. The fraction of sp³-hybridized carbons (Fsp3) is 0.409. The van der Waals surface area contributed by atoms with Crippen LogP contribution in [0.5, 0.6) is 0 Å². The van der Waals surface area contributed by atoms with Gasteiger partial charge in [0.1, 0.15) is 0 Å². The zero-order valence-electron chi connectivity index (χ0n) is 17.7. The SMILES string of the molecule is CC(C)C(=O)OCOP(Cc1ccc(-c2ccccc2)cn1)OCOC(=O)C(C)C. The summed E-state index contributed by atoms with van der Waals surface area (Å²) in [5.41, 5.74) is 2.83. The molecule has 0 amide bonds. The summed E-state index contributed by atoms with van der Waals surface area (Å²) < 4.78 is 21.3. The monoisotopic (exact) mass is 433 g/mol. The summed E-state index contributed by atoms with van der Waals surface area (Å²) in [5.74, 6) is -1.22. The summed E-state index contributed by atoms with van der Waals surface area (Å²) in [5, 5.41) is 0. The highest BCUT2D eigenvalue weighted by molar-refractivity contribution is 7.46. The predicted molar refractivity (Wildman–Crippen MR) is 114 cm³/mol. The van der Waals surface area contributed by atoms with Gasteiger partial charge in [0.15, 0.2) is 22.0 Å². The lowest BCUT2D eigenvalue weighted by Crippen LogP contribution is -2.15. The number of ether oxygens (including phenoxy) is 2. The molecule has 7 nitrogen and oxygen atoms in total. The van der Waals surface area contributed by atoms with E-state index in [1.54, 1.807) is 33.9 Å². The van der Waals surface area contributed by atoms with Crippen LogP contribution in [0.3, 0.4) is 0 Å². The largest absolute Gasteiger partial charge is 0.438 e. The Bertz CT molecular complexity index is 769. The van der Waals surface area contributed by atoms with Crippen molar-refractivity contribution in [2.45, 2.75) is 33.9 Å². The molecule has 2 aromatic rings. The molecule has 30 heavy (non-hydrogen) atoms. The Morgan fingerprint density at radius 3 is 1.87 bits per heavy atom. The molecule has 2 rings (SSSR count). The second-order valence-corrected chi connectivity index (χ2v) is 8.62. The van der Waals surface area contributed by atoms with E-state index in [0.717, 1.165) is 16.8 Å². The third kappa shape index (κ3) is 8.19. The predicted octanol–water partition coefficient (Wildman–Crippen LogP) is 4.91. The van der Waals surface area contributed by atoms with Crippen LogP contribution in [0.15, 0.2) is 48.7 Å². The van der Waals surface area contributed by atoms with Crippen LogP contribution in [0, 0.1) is 11.8 Å². The van der Waals surface area contributed by atoms with Crippen molar-refractivity contribution in [2.24, 2.45) is 11.8 Å². The summed E-state index contributed by atoms with van der Waals surface area (Å²) in [6.07, 6.45) is 2.15. The zero-order chi connectivity index (χ0) is 21.9. The molecule has 0 saturated carbocycles. The van der Waals surface area contributed by atoms with Crippen molar-refractivity contribution in [3.8, 4) is 11.1 Å². The standard InChI is InChI=1S/C22H28NO6P/c1-16(2)21(24)26-14-28-30(29-15-27-22(25)17(3)4)13-20-11-10-19(12-23-20)18-8-6-5-7-9-18/h5-12,16-17H,13-15H2,1-4H3. The summed E-state index contributed by atoms with van der Waals surface area (Å²) >= 11 is 0. The van der Waals surface area contributed by atoms with Crippen LogP contribution >= 0.6 is 8.38 Å². The molecular formula is C22H28NO6P. The van der Waals surface area contributed by atoms with Gasteiger partial charge < -0.3 is 9.47 Å². The highest BCUT2D eigenvalue weighted by atomic mass is 31.2. The Morgan fingerprint density at radius 1 is 0.833 bits per heavy atom. The fourth-order valence-corrected chi connectivity index (χ4v) is 3.25. The Labute approximate surface area is 178 Å². The summed E-state index contributed by atoms with van der Waals surface area (Å²) in [6, 6.07) is 13.8. The molecule has 1 aromatic heterocycles. The molecule has 0 fully saturated rings. The summed E-state index contributed by atoms with van der Waals surface area (Å²) in [7, 11) is -1.52. The highest BCUT2D eigenvalue weighted by Crippen LogP contribution is 2.42. The molecule has 8 heteroatoms. The van der Waals surface area contributed by atoms with Gasteiger partial charge in [-0.1, -0.05) is 64.1 Å². The van der Waals surface area contributed by atoms with E-state index in [-0.39, 0.29) is 37.4 Å². The van der Waals surface area contributed by atoms with Crippen molar-refractivity contribution in [1.29, 1.82) is 0 Å². The topological polar surface area (TPSA) is 84.0 Å². The van der Waals surface area contributed by atoms with Crippen molar-refractivity contribution in [2.75, 3.05) is 13.6 Å².